The molecule has 3 aliphatic rings. The van der Waals surface area contributed by atoms with Gasteiger partial charge in [0.05, 0.1) is 5.60 Å². The van der Waals surface area contributed by atoms with Gasteiger partial charge in [0, 0.05) is 30.0 Å². The molecule has 1 saturated heterocycles. The lowest BCUT2D eigenvalue weighted by Gasteiger charge is -2.55. The minimum Gasteiger partial charge on any atom is -0.390 e. The van der Waals surface area contributed by atoms with Crippen LogP contribution in [0.4, 0.5) is 8.78 Å². The molecule has 4 rings (SSSR count). The molecule has 1 aliphatic heterocycles. The average Bonchev–Trinajstić information content (AvgIpc) is 2.58. The number of aliphatic hydroxyl groups is 1. The van der Waals surface area contributed by atoms with Gasteiger partial charge in [-0.25, -0.2) is 8.78 Å². The lowest BCUT2D eigenvalue weighted by molar-refractivity contribution is -0.163. The third kappa shape index (κ3) is 3.89. The number of nitrogens with zero attached hydrogens (tertiary/aromatic N) is 1. The highest BCUT2D eigenvalue weighted by Gasteiger charge is 2.51. The lowest BCUT2D eigenvalue weighted by atomic mass is 9.64. The number of halogens is 2. The van der Waals surface area contributed by atoms with Crippen LogP contribution in [0.1, 0.15) is 63.0 Å². The summed E-state index contributed by atoms with van der Waals surface area (Å²) in [6.45, 7) is 3.55. The first-order valence-electron chi connectivity index (χ1n) is 10.1. The number of hydrogen-bond acceptors (Lipinski definition) is 2. The maximum absolute atomic E-state index is 12.7. The molecule has 1 N–H and O–H groups in total. The molecule has 2 aliphatic carbocycles. The zero-order valence-corrected chi connectivity index (χ0v) is 16.0. The zero-order chi connectivity index (χ0) is 19.2. The van der Waals surface area contributed by atoms with Crippen molar-refractivity contribution in [1.82, 2.24) is 4.90 Å². The molecule has 0 unspecified atom stereocenters. The van der Waals surface area contributed by atoms with Crippen LogP contribution >= 0.6 is 0 Å². The Morgan fingerprint density at radius 3 is 2.30 bits per heavy atom. The Hall–Kier alpha value is -1.49. The number of alkyl halides is 2. The van der Waals surface area contributed by atoms with E-state index < -0.39 is 12.0 Å². The minimum absolute atomic E-state index is 0.0184. The number of rotatable bonds is 4. The predicted molar refractivity (Wildman–Crippen MR) is 99.4 cm³/mol. The molecule has 5 heteroatoms. The molecular formula is C22H29F2NO2. The van der Waals surface area contributed by atoms with Gasteiger partial charge in [-0.1, -0.05) is 24.3 Å². The van der Waals surface area contributed by atoms with Gasteiger partial charge in [0.1, 0.15) is 0 Å². The van der Waals surface area contributed by atoms with E-state index in [0.717, 1.165) is 50.8 Å². The first kappa shape index (κ1) is 18.9. The molecule has 148 valence electrons. The monoisotopic (exact) mass is 377 g/mol. The summed E-state index contributed by atoms with van der Waals surface area (Å²) in [6.07, 6.45) is 4.36. The van der Waals surface area contributed by atoms with Crippen LogP contribution in [0.3, 0.4) is 0 Å². The summed E-state index contributed by atoms with van der Waals surface area (Å²) in [5.41, 5.74) is 0.892. The number of benzene rings is 1. The molecule has 1 aromatic carbocycles. The van der Waals surface area contributed by atoms with Gasteiger partial charge in [0.2, 0.25) is 5.91 Å². The smallest absolute Gasteiger partial charge is 0.263 e. The number of amides is 1. The second-order valence-electron chi connectivity index (χ2n) is 9.49. The van der Waals surface area contributed by atoms with Gasteiger partial charge < -0.3 is 10.0 Å². The summed E-state index contributed by atoms with van der Waals surface area (Å²) in [5.74, 6) is 0.859. The number of carbonyl (C=O) groups excluding carboxylic acids is 1. The van der Waals surface area contributed by atoms with E-state index in [4.69, 9.17) is 0 Å². The molecule has 0 radical (unpaired) electrons. The lowest BCUT2D eigenvalue weighted by Crippen LogP contribution is -2.62. The highest BCUT2D eigenvalue weighted by molar-refractivity contribution is 5.81. The highest BCUT2D eigenvalue weighted by atomic mass is 19.3. The number of likely N-dealkylation sites (tertiary alicyclic amines) is 1. The van der Waals surface area contributed by atoms with E-state index in [1.54, 1.807) is 6.92 Å². The van der Waals surface area contributed by atoms with Crippen molar-refractivity contribution in [2.75, 3.05) is 13.1 Å². The van der Waals surface area contributed by atoms with Crippen LogP contribution in [0.5, 0.6) is 0 Å². The molecule has 1 spiro atoms. The van der Waals surface area contributed by atoms with Crippen LogP contribution in [0.25, 0.3) is 0 Å². The van der Waals surface area contributed by atoms with E-state index in [1.165, 1.54) is 12.1 Å². The largest absolute Gasteiger partial charge is 0.390 e. The van der Waals surface area contributed by atoms with Gasteiger partial charge in [0.15, 0.2) is 0 Å². The van der Waals surface area contributed by atoms with Gasteiger partial charge in [-0.15, -0.1) is 0 Å². The summed E-state index contributed by atoms with van der Waals surface area (Å²) >= 11 is 0. The van der Waals surface area contributed by atoms with Crippen molar-refractivity contribution in [2.24, 2.45) is 17.3 Å². The van der Waals surface area contributed by atoms with Gasteiger partial charge >= 0.3 is 0 Å². The Morgan fingerprint density at radius 1 is 1.19 bits per heavy atom. The fourth-order valence-electron chi connectivity index (χ4n) is 5.30. The van der Waals surface area contributed by atoms with Crippen molar-refractivity contribution in [2.45, 2.75) is 63.9 Å². The maximum atomic E-state index is 12.7. The molecular weight excluding hydrogens is 348 g/mol. The second kappa shape index (κ2) is 6.84. The fourth-order valence-corrected chi connectivity index (χ4v) is 5.30. The second-order valence-corrected chi connectivity index (χ2v) is 9.49. The molecule has 27 heavy (non-hydrogen) atoms. The fraction of sp³-hybridized carbons (Fsp3) is 0.682. The van der Waals surface area contributed by atoms with E-state index in [0.29, 0.717) is 24.2 Å². The third-order valence-corrected chi connectivity index (χ3v) is 7.01. The van der Waals surface area contributed by atoms with Crippen molar-refractivity contribution in [3.63, 3.8) is 0 Å². The Morgan fingerprint density at radius 2 is 1.78 bits per heavy atom. The van der Waals surface area contributed by atoms with Crippen LogP contribution < -0.4 is 0 Å². The van der Waals surface area contributed by atoms with Crippen molar-refractivity contribution in [1.29, 1.82) is 0 Å². The highest BCUT2D eigenvalue weighted by Crippen LogP contribution is 2.48. The van der Waals surface area contributed by atoms with E-state index in [2.05, 4.69) is 0 Å². The van der Waals surface area contributed by atoms with Crippen molar-refractivity contribution < 1.29 is 18.7 Å². The molecule has 3 fully saturated rings. The van der Waals surface area contributed by atoms with Crippen LogP contribution in [-0.2, 0) is 11.2 Å². The average molecular weight is 377 g/mol. The van der Waals surface area contributed by atoms with Gasteiger partial charge in [-0.2, -0.15) is 0 Å². The minimum atomic E-state index is -2.40. The zero-order valence-electron chi connectivity index (χ0n) is 16.0. The number of carbonyl (C=O) groups is 1. The van der Waals surface area contributed by atoms with Crippen LogP contribution in [-0.4, -0.2) is 34.6 Å². The Kier molecular flexibility index (Phi) is 4.77. The Labute approximate surface area is 159 Å². The summed E-state index contributed by atoms with van der Waals surface area (Å²) in [7, 11) is 0. The van der Waals surface area contributed by atoms with Crippen molar-refractivity contribution in [3.8, 4) is 0 Å². The Balaban J connectivity index is 1.22. The molecule has 0 atom stereocenters. The van der Waals surface area contributed by atoms with Crippen molar-refractivity contribution >= 4 is 5.91 Å². The van der Waals surface area contributed by atoms with Gasteiger partial charge in [0.25, 0.3) is 6.43 Å². The molecule has 1 heterocycles. The first-order valence-corrected chi connectivity index (χ1v) is 10.1. The summed E-state index contributed by atoms with van der Waals surface area (Å²) < 4.78 is 25.3. The Bertz CT molecular complexity index is 677. The normalized spacial score (nSPS) is 30.3. The standard InChI is InChI=1S/C22H29F2NO2/c1-21(27)11-18(12-21)20(26)25-13-22(14-25)8-6-16(7-9-22)10-15-2-4-17(5-3-15)19(23)24/h2-5,16,18-19,27H,6-14H2,1H3. The molecule has 1 aromatic rings. The predicted octanol–water partition coefficient (Wildman–Crippen LogP) is 4.35. The third-order valence-electron chi connectivity index (χ3n) is 7.01. The molecule has 2 saturated carbocycles. The maximum Gasteiger partial charge on any atom is 0.263 e. The molecule has 1 amide bonds. The van der Waals surface area contributed by atoms with Crippen LogP contribution in [0.2, 0.25) is 0 Å². The number of hydrogen-bond donors (Lipinski definition) is 1. The van der Waals surface area contributed by atoms with E-state index in [1.807, 2.05) is 17.0 Å². The topological polar surface area (TPSA) is 40.5 Å². The summed E-state index contributed by atoms with van der Waals surface area (Å²) in [6, 6.07) is 6.75. The van der Waals surface area contributed by atoms with Gasteiger partial charge in [-0.05, 0) is 63.4 Å². The molecule has 0 aromatic heterocycles. The van der Waals surface area contributed by atoms with Crippen molar-refractivity contribution in [3.05, 3.63) is 35.4 Å². The van der Waals surface area contributed by atoms with E-state index in [9.17, 15) is 18.7 Å². The molecule has 0 bridgehead atoms. The summed E-state index contributed by atoms with van der Waals surface area (Å²) in [4.78, 5) is 14.5. The molecule has 3 nitrogen and oxygen atoms in total. The quantitative estimate of drug-likeness (QED) is 0.848. The van der Waals surface area contributed by atoms with Gasteiger partial charge in [-0.3, -0.25) is 4.79 Å². The summed E-state index contributed by atoms with van der Waals surface area (Å²) in [5, 5.41) is 9.83. The van der Waals surface area contributed by atoms with E-state index in [-0.39, 0.29) is 17.4 Å². The SMILES string of the molecule is CC1(O)CC(C(=O)N2CC3(CCC(Cc4ccc(C(F)F)cc4)CC3)C2)C1. The van der Waals surface area contributed by atoms with Crippen LogP contribution in [0, 0.1) is 17.3 Å². The van der Waals surface area contributed by atoms with E-state index >= 15 is 0 Å². The van der Waals surface area contributed by atoms with Crippen LogP contribution in [0.15, 0.2) is 24.3 Å². The first-order chi connectivity index (χ1) is 12.8.